The van der Waals surface area contributed by atoms with Crippen molar-refractivity contribution >= 4 is 5.82 Å². The zero-order valence-corrected chi connectivity index (χ0v) is 14.7. The van der Waals surface area contributed by atoms with Gasteiger partial charge in [-0.2, -0.15) is 18.2 Å². The molecule has 28 heavy (non-hydrogen) atoms. The fourth-order valence-electron chi connectivity index (χ4n) is 3.44. The number of pyridine rings is 1. The van der Waals surface area contributed by atoms with Gasteiger partial charge < -0.3 is 14.5 Å². The van der Waals surface area contributed by atoms with Crippen LogP contribution in [0.5, 0.6) is 0 Å². The smallest absolute Gasteiger partial charge is 0.396 e. The maximum atomic E-state index is 12.6. The van der Waals surface area contributed by atoms with Gasteiger partial charge in [0.15, 0.2) is 0 Å². The number of hydrogen-bond donors (Lipinski definition) is 1. The van der Waals surface area contributed by atoms with E-state index in [-0.39, 0.29) is 24.4 Å². The van der Waals surface area contributed by atoms with Crippen LogP contribution in [0.1, 0.15) is 23.9 Å². The molecular weight excluding hydrogens is 373 g/mol. The molecule has 1 fully saturated rings. The Morgan fingerprint density at radius 3 is 2.54 bits per heavy atom. The van der Waals surface area contributed by atoms with E-state index in [0.717, 1.165) is 12.0 Å². The number of alkyl halides is 3. The van der Waals surface area contributed by atoms with Gasteiger partial charge in [0.2, 0.25) is 5.82 Å². The Kier molecular flexibility index (Phi) is 4.76. The lowest BCUT2D eigenvalue weighted by Crippen LogP contribution is -2.24. The monoisotopic (exact) mass is 390 g/mol. The van der Waals surface area contributed by atoms with Crippen molar-refractivity contribution in [3.8, 4) is 11.4 Å². The number of halogens is 3. The third kappa shape index (κ3) is 3.57. The first-order valence-electron chi connectivity index (χ1n) is 8.75. The summed E-state index contributed by atoms with van der Waals surface area (Å²) < 4.78 is 42.1. The molecule has 2 atom stereocenters. The number of aliphatic hydroxyl groups is 1. The predicted octanol–water partition coefficient (Wildman–Crippen LogP) is 3.71. The first-order chi connectivity index (χ1) is 13.5. The Hall–Kier alpha value is -2.94. The molecular formula is C19H17F3N4O2. The fraction of sp³-hybridized carbons (Fsp3) is 0.316. The molecule has 0 aliphatic carbocycles. The largest absolute Gasteiger partial charge is 0.471 e. The van der Waals surface area contributed by atoms with Crippen molar-refractivity contribution in [1.82, 2.24) is 15.1 Å². The summed E-state index contributed by atoms with van der Waals surface area (Å²) in [5, 5.41) is 13.0. The molecule has 2 aromatic heterocycles. The highest BCUT2D eigenvalue weighted by Gasteiger charge is 2.38. The van der Waals surface area contributed by atoms with Crippen LogP contribution in [-0.2, 0) is 6.18 Å². The SMILES string of the molecule is OCC1CC(c2ccccc2)N(c2ccc(-c3noc(C(F)(F)F)n3)cn2)C1. The van der Waals surface area contributed by atoms with Crippen LogP contribution in [0.15, 0.2) is 53.2 Å². The number of benzene rings is 1. The molecule has 9 heteroatoms. The molecule has 4 rings (SSSR count). The van der Waals surface area contributed by atoms with Crippen molar-refractivity contribution in [1.29, 1.82) is 0 Å². The van der Waals surface area contributed by atoms with E-state index in [1.807, 2.05) is 30.3 Å². The molecule has 0 amide bonds. The number of hydrogen-bond acceptors (Lipinski definition) is 6. The lowest BCUT2D eigenvalue weighted by molar-refractivity contribution is -0.159. The second-order valence-corrected chi connectivity index (χ2v) is 6.69. The molecule has 3 aromatic rings. The summed E-state index contributed by atoms with van der Waals surface area (Å²) in [5.74, 6) is -0.756. The van der Waals surface area contributed by atoms with Crippen molar-refractivity contribution < 1.29 is 22.8 Å². The third-order valence-electron chi connectivity index (χ3n) is 4.80. The van der Waals surface area contributed by atoms with Gasteiger partial charge in [0.05, 0.1) is 6.04 Å². The molecule has 146 valence electrons. The first kappa shape index (κ1) is 18.4. The molecule has 0 radical (unpaired) electrons. The van der Waals surface area contributed by atoms with E-state index in [4.69, 9.17) is 0 Å². The number of aromatic nitrogens is 3. The van der Waals surface area contributed by atoms with Gasteiger partial charge in [-0.05, 0) is 24.1 Å². The Labute approximate surface area is 158 Å². The minimum absolute atomic E-state index is 0.0682. The van der Waals surface area contributed by atoms with Crippen LogP contribution in [0.2, 0.25) is 0 Å². The van der Waals surface area contributed by atoms with Gasteiger partial charge in [0, 0.05) is 30.8 Å². The van der Waals surface area contributed by atoms with Crippen LogP contribution in [0.25, 0.3) is 11.4 Å². The van der Waals surface area contributed by atoms with Crippen molar-refractivity contribution in [2.45, 2.75) is 18.6 Å². The quantitative estimate of drug-likeness (QED) is 0.732. The van der Waals surface area contributed by atoms with Crippen molar-refractivity contribution in [3.05, 3.63) is 60.1 Å². The van der Waals surface area contributed by atoms with Gasteiger partial charge in [0.1, 0.15) is 5.82 Å². The van der Waals surface area contributed by atoms with Crippen LogP contribution in [0.3, 0.4) is 0 Å². The van der Waals surface area contributed by atoms with E-state index in [1.54, 1.807) is 12.1 Å². The van der Waals surface area contributed by atoms with Gasteiger partial charge in [-0.15, -0.1) is 0 Å². The summed E-state index contributed by atoms with van der Waals surface area (Å²) in [6, 6.07) is 13.3. The van der Waals surface area contributed by atoms with Gasteiger partial charge in [-0.3, -0.25) is 0 Å². The Morgan fingerprint density at radius 1 is 1.14 bits per heavy atom. The highest BCUT2D eigenvalue weighted by Crippen LogP contribution is 2.38. The molecule has 1 saturated heterocycles. The van der Waals surface area contributed by atoms with E-state index in [1.165, 1.54) is 6.20 Å². The zero-order valence-electron chi connectivity index (χ0n) is 14.7. The number of rotatable bonds is 4. The lowest BCUT2D eigenvalue weighted by Gasteiger charge is -2.26. The molecule has 0 bridgehead atoms. The minimum atomic E-state index is -4.68. The van der Waals surface area contributed by atoms with Crippen molar-refractivity contribution in [2.24, 2.45) is 5.92 Å². The lowest BCUT2D eigenvalue weighted by atomic mass is 10.0. The summed E-state index contributed by atoms with van der Waals surface area (Å²) in [7, 11) is 0. The van der Waals surface area contributed by atoms with Crippen LogP contribution < -0.4 is 4.90 Å². The molecule has 0 saturated carbocycles. The van der Waals surface area contributed by atoms with E-state index < -0.39 is 12.1 Å². The average Bonchev–Trinajstić information content (AvgIpc) is 3.36. The van der Waals surface area contributed by atoms with Gasteiger partial charge in [0.25, 0.3) is 0 Å². The summed E-state index contributed by atoms with van der Waals surface area (Å²) in [6.45, 7) is 0.726. The molecule has 0 spiro atoms. The molecule has 1 aliphatic heterocycles. The zero-order chi connectivity index (χ0) is 19.7. The highest BCUT2D eigenvalue weighted by molar-refractivity contribution is 5.56. The van der Waals surface area contributed by atoms with Crippen LogP contribution in [-0.4, -0.2) is 33.4 Å². The van der Waals surface area contributed by atoms with Gasteiger partial charge in [-0.25, -0.2) is 4.98 Å². The second-order valence-electron chi connectivity index (χ2n) is 6.69. The van der Waals surface area contributed by atoms with E-state index >= 15 is 0 Å². The van der Waals surface area contributed by atoms with Gasteiger partial charge in [-0.1, -0.05) is 35.5 Å². The number of nitrogens with zero attached hydrogens (tertiary/aromatic N) is 4. The molecule has 1 aliphatic rings. The van der Waals surface area contributed by atoms with Crippen LogP contribution in [0.4, 0.5) is 19.0 Å². The average molecular weight is 390 g/mol. The first-order valence-corrected chi connectivity index (χ1v) is 8.75. The molecule has 1 N–H and O–H groups in total. The van der Waals surface area contributed by atoms with E-state index in [0.29, 0.717) is 17.9 Å². The number of aliphatic hydroxyl groups excluding tert-OH is 1. The molecule has 2 unspecified atom stereocenters. The Bertz CT molecular complexity index is 928. The maximum Gasteiger partial charge on any atom is 0.471 e. The van der Waals surface area contributed by atoms with Crippen molar-refractivity contribution in [3.63, 3.8) is 0 Å². The standard InChI is InChI=1S/C19H17F3N4O2/c20-19(21,22)18-24-17(25-28-18)14-6-7-16(23-9-14)26-10-12(11-27)8-15(26)13-4-2-1-3-5-13/h1-7,9,12,15,27H,8,10-11H2. The molecule has 1 aromatic carbocycles. The molecule has 3 heterocycles. The van der Waals surface area contributed by atoms with Crippen LogP contribution >= 0.6 is 0 Å². The molecule has 6 nitrogen and oxygen atoms in total. The van der Waals surface area contributed by atoms with E-state index in [9.17, 15) is 18.3 Å². The maximum absolute atomic E-state index is 12.6. The van der Waals surface area contributed by atoms with Crippen molar-refractivity contribution in [2.75, 3.05) is 18.1 Å². The highest BCUT2D eigenvalue weighted by atomic mass is 19.4. The fourth-order valence-corrected chi connectivity index (χ4v) is 3.44. The van der Waals surface area contributed by atoms with Gasteiger partial charge >= 0.3 is 12.1 Å². The Balaban J connectivity index is 1.59. The third-order valence-corrected chi connectivity index (χ3v) is 4.80. The predicted molar refractivity (Wildman–Crippen MR) is 94.3 cm³/mol. The second kappa shape index (κ2) is 7.23. The van der Waals surface area contributed by atoms with E-state index in [2.05, 4.69) is 24.5 Å². The summed E-state index contributed by atoms with van der Waals surface area (Å²) in [6.07, 6.45) is -2.46. The summed E-state index contributed by atoms with van der Waals surface area (Å²) >= 11 is 0. The normalized spacial score (nSPS) is 19.9. The summed E-state index contributed by atoms with van der Waals surface area (Å²) in [5.41, 5.74) is 1.45. The van der Waals surface area contributed by atoms with Crippen LogP contribution in [0, 0.1) is 5.92 Å². The minimum Gasteiger partial charge on any atom is -0.396 e. The topological polar surface area (TPSA) is 75.3 Å². The Morgan fingerprint density at radius 2 is 1.93 bits per heavy atom. The number of anilines is 1. The summed E-state index contributed by atoms with van der Waals surface area (Å²) in [4.78, 5) is 9.87.